The first-order valence-electron chi connectivity index (χ1n) is 6.72. The number of nitrogens with zero attached hydrogens (tertiary/aromatic N) is 1. The number of pyridine rings is 1. The van der Waals surface area contributed by atoms with Crippen LogP contribution in [0.2, 0.25) is 0 Å². The van der Waals surface area contributed by atoms with Gasteiger partial charge in [0.05, 0.1) is 6.10 Å². The number of hydrogen-bond donors (Lipinski definition) is 0. The van der Waals surface area contributed by atoms with Gasteiger partial charge in [-0.3, -0.25) is 9.78 Å². The van der Waals surface area contributed by atoms with Gasteiger partial charge in [-0.1, -0.05) is 18.2 Å². The van der Waals surface area contributed by atoms with Crippen molar-refractivity contribution in [2.24, 2.45) is 0 Å². The highest BCUT2D eigenvalue weighted by Gasteiger charge is 2.14. The number of benzene rings is 1. The highest BCUT2D eigenvalue weighted by atomic mass is 16.5. The topological polar surface area (TPSA) is 39.2 Å². The van der Waals surface area contributed by atoms with Crippen molar-refractivity contribution in [1.82, 2.24) is 4.98 Å². The molecule has 1 aromatic heterocycles. The van der Waals surface area contributed by atoms with Gasteiger partial charge in [-0.25, -0.2) is 0 Å². The summed E-state index contributed by atoms with van der Waals surface area (Å²) in [5, 5.41) is 0. The van der Waals surface area contributed by atoms with Gasteiger partial charge >= 0.3 is 0 Å². The fourth-order valence-corrected chi connectivity index (χ4v) is 2.07. The molecule has 0 aliphatic rings. The molecule has 20 heavy (non-hydrogen) atoms. The van der Waals surface area contributed by atoms with Crippen LogP contribution in [-0.4, -0.2) is 16.9 Å². The van der Waals surface area contributed by atoms with Crippen molar-refractivity contribution >= 4 is 5.78 Å². The second-order valence-corrected chi connectivity index (χ2v) is 5.20. The predicted molar refractivity (Wildman–Crippen MR) is 79.3 cm³/mol. The smallest absolute Gasteiger partial charge is 0.211 e. The molecule has 0 amide bonds. The molecule has 0 spiro atoms. The van der Waals surface area contributed by atoms with Crippen molar-refractivity contribution in [3.05, 3.63) is 58.9 Å². The summed E-state index contributed by atoms with van der Waals surface area (Å²) in [6.45, 7) is 7.79. The van der Waals surface area contributed by atoms with Crippen LogP contribution in [0.15, 0.2) is 36.5 Å². The van der Waals surface area contributed by atoms with Crippen molar-refractivity contribution < 1.29 is 9.53 Å². The zero-order valence-corrected chi connectivity index (χ0v) is 12.3. The number of ketones is 1. The van der Waals surface area contributed by atoms with Crippen LogP contribution in [0, 0.1) is 13.8 Å². The summed E-state index contributed by atoms with van der Waals surface area (Å²) in [7, 11) is 0. The summed E-state index contributed by atoms with van der Waals surface area (Å²) in [5.41, 5.74) is 3.04. The van der Waals surface area contributed by atoms with Gasteiger partial charge in [0, 0.05) is 11.8 Å². The van der Waals surface area contributed by atoms with Crippen molar-refractivity contribution in [2.45, 2.75) is 33.8 Å². The average molecular weight is 269 g/mol. The first-order valence-corrected chi connectivity index (χ1v) is 6.72. The summed E-state index contributed by atoms with van der Waals surface area (Å²) in [6.07, 6.45) is 1.80. The lowest BCUT2D eigenvalue weighted by molar-refractivity contribution is 0.103. The fraction of sp³-hybridized carbons (Fsp3) is 0.294. The van der Waals surface area contributed by atoms with Gasteiger partial charge in [0.15, 0.2) is 0 Å². The van der Waals surface area contributed by atoms with E-state index in [-0.39, 0.29) is 11.9 Å². The fourth-order valence-electron chi connectivity index (χ4n) is 2.07. The Hall–Kier alpha value is -2.16. The highest BCUT2D eigenvalue weighted by molar-refractivity contribution is 6.08. The number of carbonyl (C=O) groups excluding carboxylic acids is 1. The molecule has 0 radical (unpaired) electrons. The molecule has 0 N–H and O–H groups in total. The van der Waals surface area contributed by atoms with E-state index in [2.05, 4.69) is 4.98 Å². The Morgan fingerprint density at radius 2 is 1.95 bits per heavy atom. The first kappa shape index (κ1) is 14.3. The Kier molecular flexibility index (Phi) is 4.18. The lowest BCUT2D eigenvalue weighted by Crippen LogP contribution is -2.09. The number of aromatic nitrogens is 1. The SMILES string of the molecule is Cc1cnc(C(=O)c2cccc(OC(C)C)c2)c(C)c1. The van der Waals surface area contributed by atoms with E-state index in [9.17, 15) is 4.79 Å². The lowest BCUT2D eigenvalue weighted by atomic mass is 10.0. The standard InChI is InChI=1S/C17H19NO2/c1-11(2)20-15-7-5-6-14(9-15)17(19)16-13(4)8-12(3)10-18-16/h5-11H,1-4H3. The largest absolute Gasteiger partial charge is 0.491 e. The molecule has 1 heterocycles. The quantitative estimate of drug-likeness (QED) is 0.794. The van der Waals surface area contributed by atoms with Crippen LogP contribution < -0.4 is 4.74 Å². The van der Waals surface area contributed by atoms with Crippen molar-refractivity contribution in [3.8, 4) is 5.75 Å². The molecular weight excluding hydrogens is 250 g/mol. The van der Waals surface area contributed by atoms with E-state index >= 15 is 0 Å². The number of carbonyl (C=O) groups is 1. The first-order chi connectivity index (χ1) is 9.47. The number of aryl methyl sites for hydroxylation is 2. The molecule has 0 bridgehead atoms. The third-order valence-electron chi connectivity index (χ3n) is 2.90. The molecule has 2 rings (SSSR count). The zero-order chi connectivity index (χ0) is 14.7. The van der Waals surface area contributed by atoms with E-state index in [0.29, 0.717) is 17.0 Å². The molecule has 0 saturated heterocycles. The molecule has 2 aromatic rings. The van der Waals surface area contributed by atoms with Crippen LogP contribution in [0.1, 0.15) is 41.0 Å². The van der Waals surface area contributed by atoms with Gasteiger partial charge < -0.3 is 4.74 Å². The molecule has 3 heteroatoms. The van der Waals surface area contributed by atoms with Crippen molar-refractivity contribution in [2.75, 3.05) is 0 Å². The molecule has 0 fully saturated rings. The third-order valence-corrected chi connectivity index (χ3v) is 2.90. The van der Waals surface area contributed by atoms with Crippen molar-refractivity contribution in [3.63, 3.8) is 0 Å². The monoisotopic (exact) mass is 269 g/mol. The van der Waals surface area contributed by atoms with Crippen molar-refractivity contribution in [1.29, 1.82) is 0 Å². The minimum Gasteiger partial charge on any atom is -0.491 e. The number of rotatable bonds is 4. The molecule has 0 saturated carbocycles. The Morgan fingerprint density at radius 3 is 2.60 bits per heavy atom. The molecular formula is C17H19NO2. The van der Waals surface area contributed by atoms with Gasteiger partial charge in [-0.15, -0.1) is 0 Å². The maximum absolute atomic E-state index is 12.5. The van der Waals surface area contributed by atoms with Crippen LogP contribution in [0.25, 0.3) is 0 Å². The summed E-state index contributed by atoms with van der Waals surface area (Å²) in [5.74, 6) is 0.632. The second-order valence-electron chi connectivity index (χ2n) is 5.20. The molecule has 0 aliphatic heterocycles. The van der Waals surface area contributed by atoms with E-state index in [0.717, 1.165) is 11.1 Å². The predicted octanol–water partition coefficient (Wildman–Crippen LogP) is 3.72. The Labute approximate surface area is 119 Å². The summed E-state index contributed by atoms with van der Waals surface area (Å²) >= 11 is 0. The van der Waals surface area contributed by atoms with Gasteiger partial charge in [0.2, 0.25) is 5.78 Å². The normalized spacial score (nSPS) is 10.7. The molecule has 1 aromatic carbocycles. The van der Waals surface area contributed by atoms with Crippen LogP contribution >= 0.6 is 0 Å². The third kappa shape index (κ3) is 3.23. The maximum Gasteiger partial charge on any atom is 0.211 e. The zero-order valence-electron chi connectivity index (χ0n) is 12.3. The Bertz CT molecular complexity index is 633. The Morgan fingerprint density at radius 1 is 1.20 bits per heavy atom. The van der Waals surface area contributed by atoms with Crippen LogP contribution in [0.5, 0.6) is 5.75 Å². The van der Waals surface area contributed by atoms with E-state index in [1.807, 2.05) is 45.9 Å². The van der Waals surface area contributed by atoms with Gasteiger partial charge in [-0.05, 0) is 51.0 Å². The van der Waals surface area contributed by atoms with Crippen LogP contribution in [0.4, 0.5) is 0 Å². The number of ether oxygens (including phenoxy) is 1. The highest BCUT2D eigenvalue weighted by Crippen LogP contribution is 2.18. The molecule has 0 aliphatic carbocycles. The molecule has 104 valence electrons. The molecule has 3 nitrogen and oxygen atoms in total. The van der Waals surface area contributed by atoms with Gasteiger partial charge in [0.25, 0.3) is 0 Å². The maximum atomic E-state index is 12.5. The summed E-state index contributed by atoms with van der Waals surface area (Å²) in [6, 6.07) is 9.20. The molecule has 0 atom stereocenters. The van der Waals surface area contributed by atoms with E-state index in [1.165, 1.54) is 0 Å². The average Bonchev–Trinajstić information content (AvgIpc) is 2.37. The number of hydrogen-bond acceptors (Lipinski definition) is 3. The van der Waals surface area contributed by atoms with E-state index in [4.69, 9.17) is 4.74 Å². The van der Waals surface area contributed by atoms with E-state index < -0.39 is 0 Å². The summed E-state index contributed by atoms with van der Waals surface area (Å²) in [4.78, 5) is 16.8. The molecule has 0 unspecified atom stereocenters. The van der Waals surface area contributed by atoms with Crippen LogP contribution in [-0.2, 0) is 0 Å². The lowest BCUT2D eigenvalue weighted by Gasteiger charge is -2.11. The van der Waals surface area contributed by atoms with Gasteiger partial charge in [0.1, 0.15) is 11.4 Å². The summed E-state index contributed by atoms with van der Waals surface area (Å²) < 4.78 is 5.62. The second kappa shape index (κ2) is 5.87. The Balaban J connectivity index is 2.33. The van der Waals surface area contributed by atoms with Crippen LogP contribution in [0.3, 0.4) is 0 Å². The van der Waals surface area contributed by atoms with E-state index in [1.54, 1.807) is 18.3 Å². The minimum absolute atomic E-state index is 0.0725. The van der Waals surface area contributed by atoms with Gasteiger partial charge in [-0.2, -0.15) is 0 Å². The minimum atomic E-state index is -0.0725.